The standard InChI is InChI=1S/C17H10BrClN6/c18-10-3-1-2-9(6-10)11-7-13(12-4-5-14(19)25-24-12)23-17-15(11)16(20)21-8-22-17/h1-8H,(H2,20,21,22,23). The fourth-order valence-corrected chi connectivity index (χ4v) is 3.06. The van der Waals surface area contributed by atoms with Crippen molar-refractivity contribution in [3.63, 3.8) is 0 Å². The van der Waals surface area contributed by atoms with Crippen molar-refractivity contribution in [2.75, 3.05) is 5.73 Å². The maximum absolute atomic E-state index is 6.09. The van der Waals surface area contributed by atoms with Gasteiger partial charge in [-0.25, -0.2) is 15.0 Å². The monoisotopic (exact) mass is 412 g/mol. The van der Waals surface area contributed by atoms with Crippen molar-refractivity contribution in [2.24, 2.45) is 0 Å². The Kier molecular flexibility index (Phi) is 4.03. The summed E-state index contributed by atoms with van der Waals surface area (Å²) in [5.74, 6) is 0.376. The zero-order chi connectivity index (χ0) is 17.4. The van der Waals surface area contributed by atoms with Gasteiger partial charge in [0.2, 0.25) is 0 Å². The second-order valence-corrected chi connectivity index (χ2v) is 6.57. The first kappa shape index (κ1) is 15.9. The van der Waals surface area contributed by atoms with E-state index in [0.29, 0.717) is 33.4 Å². The van der Waals surface area contributed by atoms with Crippen molar-refractivity contribution in [3.8, 4) is 22.5 Å². The third-order valence-corrected chi connectivity index (χ3v) is 4.36. The first-order valence-corrected chi connectivity index (χ1v) is 8.46. The van der Waals surface area contributed by atoms with Crippen LogP contribution in [0.1, 0.15) is 0 Å². The minimum absolute atomic E-state index is 0.323. The number of nitrogen functional groups attached to an aromatic ring is 1. The van der Waals surface area contributed by atoms with Gasteiger partial charge in [-0.3, -0.25) is 0 Å². The Morgan fingerprint density at radius 1 is 0.960 bits per heavy atom. The molecule has 0 bridgehead atoms. The minimum atomic E-state index is 0.323. The molecule has 122 valence electrons. The Hall–Kier alpha value is -2.64. The highest BCUT2D eigenvalue weighted by molar-refractivity contribution is 9.10. The molecule has 1 aromatic carbocycles. The predicted octanol–water partition coefficient (Wildman–Crippen LogP) is 4.15. The third-order valence-electron chi connectivity index (χ3n) is 3.66. The largest absolute Gasteiger partial charge is 0.383 e. The molecule has 0 unspecified atom stereocenters. The second kappa shape index (κ2) is 6.34. The van der Waals surface area contributed by atoms with Crippen LogP contribution in [0.2, 0.25) is 5.15 Å². The molecule has 0 atom stereocenters. The highest BCUT2D eigenvalue weighted by Gasteiger charge is 2.14. The van der Waals surface area contributed by atoms with Gasteiger partial charge in [0.1, 0.15) is 17.8 Å². The van der Waals surface area contributed by atoms with Crippen LogP contribution in [0.5, 0.6) is 0 Å². The summed E-state index contributed by atoms with van der Waals surface area (Å²) in [6.45, 7) is 0. The van der Waals surface area contributed by atoms with E-state index in [2.05, 4.69) is 41.1 Å². The average molecular weight is 414 g/mol. The van der Waals surface area contributed by atoms with Crippen molar-refractivity contribution in [3.05, 3.63) is 58.4 Å². The van der Waals surface area contributed by atoms with E-state index < -0.39 is 0 Å². The van der Waals surface area contributed by atoms with E-state index in [4.69, 9.17) is 17.3 Å². The summed E-state index contributed by atoms with van der Waals surface area (Å²) in [6.07, 6.45) is 1.40. The minimum Gasteiger partial charge on any atom is -0.383 e. The lowest BCUT2D eigenvalue weighted by molar-refractivity contribution is 1.03. The average Bonchev–Trinajstić information content (AvgIpc) is 2.61. The molecule has 0 radical (unpaired) electrons. The molecule has 4 aromatic rings. The molecule has 2 N–H and O–H groups in total. The molecule has 0 spiro atoms. The number of rotatable bonds is 2. The zero-order valence-electron chi connectivity index (χ0n) is 12.7. The van der Waals surface area contributed by atoms with Crippen LogP contribution in [-0.2, 0) is 0 Å². The van der Waals surface area contributed by atoms with E-state index >= 15 is 0 Å². The quantitative estimate of drug-likeness (QED) is 0.531. The Balaban J connectivity index is 2.03. The molecule has 0 amide bonds. The molecule has 0 fully saturated rings. The van der Waals surface area contributed by atoms with Crippen molar-refractivity contribution in [1.82, 2.24) is 25.1 Å². The summed E-state index contributed by atoms with van der Waals surface area (Å²) in [5, 5.41) is 9.00. The summed E-state index contributed by atoms with van der Waals surface area (Å²) in [5.41, 5.74) is 9.65. The van der Waals surface area contributed by atoms with Crippen LogP contribution in [0.4, 0.5) is 5.82 Å². The predicted molar refractivity (Wildman–Crippen MR) is 101 cm³/mol. The van der Waals surface area contributed by atoms with Crippen LogP contribution in [-0.4, -0.2) is 25.1 Å². The third kappa shape index (κ3) is 3.04. The van der Waals surface area contributed by atoms with Crippen LogP contribution in [0.15, 0.2) is 53.3 Å². The summed E-state index contributed by atoms with van der Waals surface area (Å²) in [6, 6.07) is 13.2. The topological polar surface area (TPSA) is 90.5 Å². The van der Waals surface area contributed by atoms with Crippen LogP contribution in [0, 0.1) is 0 Å². The van der Waals surface area contributed by atoms with Crippen molar-refractivity contribution < 1.29 is 0 Å². The van der Waals surface area contributed by atoms with Gasteiger partial charge in [-0.1, -0.05) is 39.7 Å². The Bertz CT molecular complexity index is 1080. The Morgan fingerprint density at radius 3 is 2.60 bits per heavy atom. The molecule has 6 nitrogen and oxygen atoms in total. The van der Waals surface area contributed by atoms with Gasteiger partial charge in [0.05, 0.1) is 11.1 Å². The van der Waals surface area contributed by atoms with Gasteiger partial charge in [-0.05, 0) is 41.5 Å². The van der Waals surface area contributed by atoms with Crippen molar-refractivity contribution in [2.45, 2.75) is 0 Å². The molecule has 0 aliphatic carbocycles. The van der Waals surface area contributed by atoms with Crippen LogP contribution < -0.4 is 5.73 Å². The number of anilines is 1. The van der Waals surface area contributed by atoms with Gasteiger partial charge >= 0.3 is 0 Å². The number of hydrogen-bond donors (Lipinski definition) is 1. The number of pyridine rings is 1. The second-order valence-electron chi connectivity index (χ2n) is 5.26. The summed E-state index contributed by atoms with van der Waals surface area (Å²) >= 11 is 9.32. The van der Waals surface area contributed by atoms with E-state index in [1.54, 1.807) is 12.1 Å². The summed E-state index contributed by atoms with van der Waals surface area (Å²) in [7, 11) is 0. The van der Waals surface area contributed by atoms with Gasteiger partial charge in [0.15, 0.2) is 10.8 Å². The van der Waals surface area contributed by atoms with Crippen LogP contribution >= 0.6 is 27.5 Å². The van der Waals surface area contributed by atoms with E-state index in [1.165, 1.54) is 6.33 Å². The van der Waals surface area contributed by atoms with Gasteiger partial charge in [-0.15, -0.1) is 10.2 Å². The van der Waals surface area contributed by atoms with E-state index in [0.717, 1.165) is 15.6 Å². The lowest BCUT2D eigenvalue weighted by Crippen LogP contribution is -1.99. The number of hydrogen-bond acceptors (Lipinski definition) is 6. The maximum Gasteiger partial charge on any atom is 0.165 e. The molecule has 0 saturated heterocycles. The van der Waals surface area contributed by atoms with E-state index in [1.807, 2.05) is 30.3 Å². The van der Waals surface area contributed by atoms with Crippen LogP contribution in [0.3, 0.4) is 0 Å². The molecule has 8 heteroatoms. The van der Waals surface area contributed by atoms with Crippen molar-refractivity contribution >= 4 is 44.4 Å². The molecule has 4 rings (SSSR count). The van der Waals surface area contributed by atoms with Crippen LogP contribution in [0.25, 0.3) is 33.5 Å². The fourth-order valence-electron chi connectivity index (χ4n) is 2.56. The molecule has 0 saturated carbocycles. The normalized spacial score (nSPS) is 11.0. The molecule has 25 heavy (non-hydrogen) atoms. The van der Waals surface area contributed by atoms with Crippen molar-refractivity contribution in [1.29, 1.82) is 0 Å². The first-order chi connectivity index (χ1) is 12.1. The molecule has 0 aliphatic rings. The fraction of sp³-hybridized carbons (Fsp3) is 0. The smallest absolute Gasteiger partial charge is 0.165 e. The number of aromatic nitrogens is 5. The Morgan fingerprint density at radius 2 is 1.84 bits per heavy atom. The molecule has 0 aliphatic heterocycles. The lowest BCUT2D eigenvalue weighted by Gasteiger charge is -2.10. The molecule has 3 aromatic heterocycles. The highest BCUT2D eigenvalue weighted by Crippen LogP contribution is 2.34. The van der Waals surface area contributed by atoms with Gasteiger partial charge in [0.25, 0.3) is 0 Å². The summed E-state index contributed by atoms with van der Waals surface area (Å²) in [4.78, 5) is 12.9. The Labute approximate surface area is 156 Å². The molecule has 3 heterocycles. The SMILES string of the molecule is Nc1ncnc2nc(-c3ccc(Cl)nn3)cc(-c3cccc(Br)c3)c12. The number of fused-ring (bicyclic) bond motifs is 1. The molecular weight excluding hydrogens is 404 g/mol. The first-order valence-electron chi connectivity index (χ1n) is 7.28. The lowest BCUT2D eigenvalue weighted by atomic mass is 10.0. The van der Waals surface area contributed by atoms with E-state index in [-0.39, 0.29) is 0 Å². The number of nitrogens with zero attached hydrogens (tertiary/aromatic N) is 5. The number of benzene rings is 1. The van der Waals surface area contributed by atoms with Gasteiger partial charge in [-0.2, -0.15) is 0 Å². The molecular formula is C17H10BrClN6. The number of nitrogens with two attached hydrogens (primary N) is 1. The van der Waals surface area contributed by atoms with Gasteiger partial charge in [0, 0.05) is 4.47 Å². The van der Waals surface area contributed by atoms with Gasteiger partial charge < -0.3 is 5.73 Å². The maximum atomic E-state index is 6.09. The summed E-state index contributed by atoms with van der Waals surface area (Å²) < 4.78 is 0.957. The number of halogens is 2. The zero-order valence-corrected chi connectivity index (χ0v) is 15.0. The highest BCUT2D eigenvalue weighted by atomic mass is 79.9. The van der Waals surface area contributed by atoms with E-state index in [9.17, 15) is 0 Å².